The van der Waals surface area contributed by atoms with Gasteiger partial charge < -0.3 is 5.11 Å². The first kappa shape index (κ1) is 17.7. The topological polar surface area (TPSA) is 103 Å². The summed E-state index contributed by atoms with van der Waals surface area (Å²) in [7, 11) is 0. The van der Waals surface area contributed by atoms with Crippen LogP contribution in [0.3, 0.4) is 0 Å². The molecule has 0 aliphatic carbocycles. The molecule has 2 aromatic carbocycles. The first-order valence-corrected chi connectivity index (χ1v) is 7.43. The van der Waals surface area contributed by atoms with Crippen molar-refractivity contribution in [2.75, 3.05) is 0 Å². The highest BCUT2D eigenvalue weighted by Gasteiger charge is 2.04. The van der Waals surface area contributed by atoms with Gasteiger partial charge in [0.1, 0.15) is 5.75 Å². The third kappa shape index (κ3) is 5.82. The molecule has 1 N–H and O–H groups in total. The number of carbonyl (C=O) groups is 2. The maximum atomic E-state index is 11.9. The van der Waals surface area contributed by atoms with Crippen LogP contribution in [0.5, 0.6) is 5.75 Å². The van der Waals surface area contributed by atoms with Crippen molar-refractivity contribution in [1.29, 1.82) is 0 Å². The van der Waals surface area contributed by atoms with Gasteiger partial charge in [0, 0.05) is 10.6 Å². The van der Waals surface area contributed by atoms with Crippen LogP contribution in [0.25, 0.3) is 22.6 Å². The van der Waals surface area contributed by atoms with E-state index in [2.05, 4.69) is 10.0 Å². The molecule has 0 saturated heterocycles. The standard InChI is InChI=1S/C19H15N3O3/c20-22-21-19-4-2-1-3-15(19)8-12-18(25)13-17(24)11-7-14-5-9-16(23)10-6-14/h1-12,23H,13H2. The van der Waals surface area contributed by atoms with E-state index < -0.39 is 0 Å². The molecule has 0 atom stereocenters. The zero-order chi connectivity index (χ0) is 18.1. The number of nitrogens with zero attached hydrogens (tertiary/aromatic N) is 3. The molecule has 0 fully saturated rings. The molecule has 0 bridgehead atoms. The minimum Gasteiger partial charge on any atom is -0.508 e. The number of azide groups is 1. The van der Waals surface area contributed by atoms with Gasteiger partial charge in [-0.3, -0.25) is 9.59 Å². The first-order valence-electron chi connectivity index (χ1n) is 7.43. The number of benzene rings is 2. The molecule has 0 aromatic heterocycles. The highest BCUT2D eigenvalue weighted by atomic mass is 16.3. The molecule has 0 amide bonds. The van der Waals surface area contributed by atoms with Crippen molar-refractivity contribution >= 4 is 29.4 Å². The van der Waals surface area contributed by atoms with Gasteiger partial charge in [-0.2, -0.15) is 0 Å². The van der Waals surface area contributed by atoms with Gasteiger partial charge in [0.25, 0.3) is 0 Å². The number of hydrogen-bond donors (Lipinski definition) is 1. The predicted molar refractivity (Wildman–Crippen MR) is 96.1 cm³/mol. The van der Waals surface area contributed by atoms with Gasteiger partial charge in [0.05, 0.1) is 6.42 Å². The number of hydrogen-bond acceptors (Lipinski definition) is 4. The van der Waals surface area contributed by atoms with E-state index in [-0.39, 0.29) is 23.7 Å². The minimum atomic E-state index is -0.351. The van der Waals surface area contributed by atoms with Crippen LogP contribution in [-0.4, -0.2) is 16.7 Å². The minimum absolute atomic E-state index is 0.143. The van der Waals surface area contributed by atoms with Crippen molar-refractivity contribution < 1.29 is 14.7 Å². The molecule has 0 spiro atoms. The lowest BCUT2D eigenvalue weighted by atomic mass is 10.1. The van der Waals surface area contributed by atoms with Crippen LogP contribution in [0.4, 0.5) is 5.69 Å². The van der Waals surface area contributed by atoms with E-state index in [0.29, 0.717) is 11.3 Å². The summed E-state index contributed by atoms with van der Waals surface area (Å²) in [5.74, 6) is -0.535. The van der Waals surface area contributed by atoms with Gasteiger partial charge in [-0.15, -0.1) is 0 Å². The van der Waals surface area contributed by atoms with Crippen LogP contribution in [0, 0.1) is 0 Å². The lowest BCUT2D eigenvalue weighted by Gasteiger charge is -1.98. The number of rotatable bonds is 7. The number of phenols is 1. The molecule has 0 aliphatic heterocycles. The molecule has 25 heavy (non-hydrogen) atoms. The summed E-state index contributed by atoms with van der Waals surface area (Å²) in [5, 5.41) is 12.7. The zero-order valence-electron chi connectivity index (χ0n) is 13.2. The second kappa shape index (κ2) is 8.86. The number of phenolic OH excluding ortho intramolecular Hbond substituents is 1. The summed E-state index contributed by atoms with van der Waals surface area (Å²) < 4.78 is 0. The fraction of sp³-hybridized carbons (Fsp3) is 0.0526. The predicted octanol–water partition coefficient (Wildman–Crippen LogP) is 4.59. The Hall–Kier alpha value is -3.63. The van der Waals surface area contributed by atoms with E-state index in [4.69, 9.17) is 5.53 Å². The molecule has 0 radical (unpaired) electrons. The summed E-state index contributed by atoms with van der Waals surface area (Å²) in [6.45, 7) is 0. The Bertz CT molecular complexity index is 877. The maximum absolute atomic E-state index is 11.9. The normalized spacial score (nSPS) is 10.7. The highest BCUT2D eigenvalue weighted by Crippen LogP contribution is 2.20. The van der Waals surface area contributed by atoms with Crippen molar-refractivity contribution in [3.05, 3.63) is 82.3 Å². The van der Waals surface area contributed by atoms with Gasteiger partial charge in [-0.1, -0.05) is 53.7 Å². The lowest BCUT2D eigenvalue weighted by Crippen LogP contribution is -2.01. The van der Waals surface area contributed by atoms with E-state index in [1.807, 2.05) is 0 Å². The average molecular weight is 333 g/mol. The Balaban J connectivity index is 1.96. The number of aromatic hydroxyl groups is 1. The second-order valence-corrected chi connectivity index (χ2v) is 5.12. The van der Waals surface area contributed by atoms with Crippen molar-refractivity contribution in [1.82, 2.24) is 0 Å². The number of carbonyl (C=O) groups excluding carboxylic acids is 2. The van der Waals surface area contributed by atoms with Crippen molar-refractivity contribution in [3.8, 4) is 5.75 Å². The quantitative estimate of drug-likeness (QED) is 0.263. The SMILES string of the molecule is [N-]=[N+]=Nc1ccccc1C=CC(=O)CC(=O)C=Cc1ccc(O)cc1. The number of ketones is 2. The Morgan fingerprint density at radius 2 is 1.64 bits per heavy atom. The molecular formula is C19H15N3O3. The molecule has 6 nitrogen and oxygen atoms in total. The van der Waals surface area contributed by atoms with Gasteiger partial charge in [-0.25, -0.2) is 0 Å². The molecule has 0 saturated carbocycles. The van der Waals surface area contributed by atoms with Crippen LogP contribution in [0.15, 0.2) is 65.8 Å². The van der Waals surface area contributed by atoms with Crippen LogP contribution in [-0.2, 0) is 9.59 Å². The molecule has 0 aliphatic rings. The van der Waals surface area contributed by atoms with Gasteiger partial charge in [-0.05, 0) is 40.9 Å². The molecule has 0 unspecified atom stereocenters. The molecule has 2 aromatic rings. The Morgan fingerprint density at radius 1 is 1.00 bits per heavy atom. The highest BCUT2D eigenvalue weighted by molar-refractivity contribution is 6.11. The number of allylic oxidation sites excluding steroid dienone is 2. The van der Waals surface area contributed by atoms with Gasteiger partial charge in [0.15, 0.2) is 11.6 Å². The van der Waals surface area contributed by atoms with E-state index in [9.17, 15) is 14.7 Å². The van der Waals surface area contributed by atoms with Crippen LogP contribution in [0.1, 0.15) is 17.5 Å². The Kier molecular flexibility index (Phi) is 6.28. The zero-order valence-corrected chi connectivity index (χ0v) is 13.2. The lowest BCUT2D eigenvalue weighted by molar-refractivity contribution is -0.121. The van der Waals surface area contributed by atoms with E-state index >= 15 is 0 Å². The molecular weight excluding hydrogens is 318 g/mol. The summed E-state index contributed by atoms with van der Waals surface area (Å²) in [6, 6.07) is 13.2. The van der Waals surface area contributed by atoms with Crippen LogP contribution >= 0.6 is 0 Å². The summed E-state index contributed by atoms with van der Waals surface area (Å²) in [4.78, 5) is 26.4. The van der Waals surface area contributed by atoms with Gasteiger partial charge in [0.2, 0.25) is 0 Å². The largest absolute Gasteiger partial charge is 0.508 e. The van der Waals surface area contributed by atoms with Crippen LogP contribution < -0.4 is 0 Å². The smallest absolute Gasteiger partial charge is 0.163 e. The molecule has 124 valence electrons. The third-order valence-electron chi connectivity index (χ3n) is 3.24. The molecule has 0 heterocycles. The monoisotopic (exact) mass is 333 g/mol. The fourth-order valence-corrected chi connectivity index (χ4v) is 2.01. The van der Waals surface area contributed by atoms with Crippen molar-refractivity contribution in [2.24, 2.45) is 5.11 Å². The van der Waals surface area contributed by atoms with E-state index in [1.54, 1.807) is 42.5 Å². The Labute approximate surface area is 144 Å². The summed E-state index contributed by atoms with van der Waals surface area (Å²) in [5.41, 5.74) is 10.3. The van der Waals surface area contributed by atoms with E-state index in [1.165, 1.54) is 30.4 Å². The Morgan fingerprint density at radius 3 is 2.32 bits per heavy atom. The summed E-state index contributed by atoms with van der Waals surface area (Å²) in [6.07, 6.45) is 5.46. The molecule has 2 rings (SSSR count). The van der Waals surface area contributed by atoms with E-state index in [0.717, 1.165) is 5.56 Å². The average Bonchev–Trinajstić information content (AvgIpc) is 2.61. The third-order valence-corrected chi connectivity index (χ3v) is 3.24. The fourth-order valence-electron chi connectivity index (χ4n) is 2.01. The second-order valence-electron chi connectivity index (χ2n) is 5.12. The van der Waals surface area contributed by atoms with Crippen LogP contribution in [0.2, 0.25) is 0 Å². The van der Waals surface area contributed by atoms with Crippen molar-refractivity contribution in [2.45, 2.75) is 6.42 Å². The first-order chi connectivity index (χ1) is 12.1. The van der Waals surface area contributed by atoms with Crippen molar-refractivity contribution in [3.63, 3.8) is 0 Å². The molecule has 6 heteroatoms. The summed E-state index contributed by atoms with van der Waals surface area (Å²) >= 11 is 0. The maximum Gasteiger partial charge on any atom is 0.163 e. The van der Waals surface area contributed by atoms with Gasteiger partial charge >= 0.3 is 0 Å².